The van der Waals surface area contributed by atoms with E-state index in [1.54, 1.807) is 23.7 Å². The van der Waals surface area contributed by atoms with E-state index >= 15 is 0 Å². The predicted octanol–water partition coefficient (Wildman–Crippen LogP) is 1.20. The number of thiazole rings is 1. The lowest BCUT2D eigenvalue weighted by molar-refractivity contribution is -0.132. The summed E-state index contributed by atoms with van der Waals surface area (Å²) in [5, 5.41) is 12.0. The minimum Gasteiger partial charge on any atom is -0.390 e. The average Bonchev–Trinajstić information content (AvgIpc) is 2.99. The molecule has 1 fully saturated rings. The third-order valence-electron chi connectivity index (χ3n) is 4.43. The number of anilines is 1. The van der Waals surface area contributed by atoms with Gasteiger partial charge in [-0.1, -0.05) is 0 Å². The molecule has 2 aromatic rings. The van der Waals surface area contributed by atoms with Crippen molar-refractivity contribution < 1.29 is 9.90 Å². The zero-order valence-corrected chi connectivity index (χ0v) is 15.9. The lowest BCUT2D eigenvalue weighted by Gasteiger charge is -2.24. The Morgan fingerprint density at radius 3 is 2.81 bits per heavy atom. The SMILES string of the molecule is CN(CC(=O)N1CCCN(c2nc(CO)cs2)CC1)Cc1ccncc1. The van der Waals surface area contributed by atoms with Gasteiger partial charge in [0.25, 0.3) is 0 Å². The average molecular weight is 375 g/mol. The first-order valence-corrected chi connectivity index (χ1v) is 9.69. The molecule has 3 rings (SSSR count). The second-order valence-corrected chi connectivity index (χ2v) is 7.37. The van der Waals surface area contributed by atoms with E-state index in [-0.39, 0.29) is 12.5 Å². The van der Waals surface area contributed by atoms with E-state index in [0.29, 0.717) is 18.8 Å². The summed E-state index contributed by atoms with van der Waals surface area (Å²) in [6.45, 7) is 4.25. The number of likely N-dealkylation sites (N-methyl/N-ethyl adjacent to an activating group) is 1. The molecule has 0 aromatic carbocycles. The van der Waals surface area contributed by atoms with Crippen LogP contribution >= 0.6 is 11.3 Å². The summed E-state index contributed by atoms with van der Waals surface area (Å²) in [6, 6.07) is 3.94. The minimum absolute atomic E-state index is 0.0290. The van der Waals surface area contributed by atoms with Gasteiger partial charge in [-0.25, -0.2) is 4.98 Å². The van der Waals surface area contributed by atoms with Crippen molar-refractivity contribution in [3.63, 3.8) is 0 Å². The molecule has 0 spiro atoms. The summed E-state index contributed by atoms with van der Waals surface area (Å²) in [5.74, 6) is 0.165. The van der Waals surface area contributed by atoms with Crippen molar-refractivity contribution in [3.8, 4) is 0 Å². The molecule has 0 unspecified atom stereocenters. The van der Waals surface area contributed by atoms with Crippen LogP contribution in [-0.4, -0.2) is 70.6 Å². The van der Waals surface area contributed by atoms with Gasteiger partial charge in [0.15, 0.2) is 5.13 Å². The Balaban J connectivity index is 1.50. The van der Waals surface area contributed by atoms with E-state index in [1.807, 2.05) is 34.4 Å². The van der Waals surface area contributed by atoms with Crippen LogP contribution < -0.4 is 4.90 Å². The molecule has 2 aromatic heterocycles. The van der Waals surface area contributed by atoms with Crippen LogP contribution in [0.2, 0.25) is 0 Å². The van der Waals surface area contributed by atoms with E-state index in [4.69, 9.17) is 0 Å². The summed E-state index contributed by atoms with van der Waals surface area (Å²) in [7, 11) is 1.97. The van der Waals surface area contributed by atoms with Crippen LogP contribution in [-0.2, 0) is 17.9 Å². The molecule has 0 saturated carbocycles. The molecule has 7 nitrogen and oxygen atoms in total. The molecule has 26 heavy (non-hydrogen) atoms. The molecule has 1 N–H and O–H groups in total. The number of amides is 1. The van der Waals surface area contributed by atoms with Crippen molar-refractivity contribution in [2.75, 3.05) is 44.7 Å². The number of aliphatic hydroxyl groups excluding tert-OH is 1. The fourth-order valence-electron chi connectivity index (χ4n) is 3.06. The Hall–Kier alpha value is -2.03. The number of pyridine rings is 1. The molecule has 1 aliphatic heterocycles. The van der Waals surface area contributed by atoms with Crippen LogP contribution in [0.5, 0.6) is 0 Å². The Kier molecular flexibility index (Phi) is 6.54. The van der Waals surface area contributed by atoms with E-state index in [0.717, 1.165) is 43.3 Å². The van der Waals surface area contributed by atoms with Crippen molar-refractivity contribution in [2.45, 2.75) is 19.6 Å². The van der Waals surface area contributed by atoms with Crippen LogP contribution in [0.1, 0.15) is 17.7 Å². The number of rotatable bonds is 6. The molecule has 1 amide bonds. The second kappa shape index (κ2) is 9.07. The molecule has 140 valence electrons. The van der Waals surface area contributed by atoms with Crippen molar-refractivity contribution in [3.05, 3.63) is 41.2 Å². The Labute approximate surface area is 157 Å². The third kappa shape index (κ3) is 5.00. The first-order valence-electron chi connectivity index (χ1n) is 8.81. The number of aliphatic hydroxyl groups is 1. The molecular formula is C18H25N5O2S. The van der Waals surface area contributed by atoms with Crippen molar-refractivity contribution in [1.82, 2.24) is 19.8 Å². The van der Waals surface area contributed by atoms with Crippen LogP contribution in [0.4, 0.5) is 5.13 Å². The summed E-state index contributed by atoms with van der Waals surface area (Å²) < 4.78 is 0. The highest BCUT2D eigenvalue weighted by atomic mass is 32.1. The van der Waals surface area contributed by atoms with Crippen LogP contribution in [0.25, 0.3) is 0 Å². The van der Waals surface area contributed by atoms with Gasteiger partial charge in [-0.05, 0) is 31.2 Å². The number of aromatic nitrogens is 2. The highest BCUT2D eigenvalue weighted by Crippen LogP contribution is 2.22. The highest BCUT2D eigenvalue weighted by molar-refractivity contribution is 7.13. The molecule has 0 radical (unpaired) electrons. The minimum atomic E-state index is -0.0290. The van der Waals surface area contributed by atoms with Gasteiger partial charge in [-0.3, -0.25) is 14.7 Å². The topological polar surface area (TPSA) is 72.8 Å². The summed E-state index contributed by atoms with van der Waals surface area (Å²) in [4.78, 5) is 27.3. The molecule has 0 aliphatic carbocycles. The van der Waals surface area contributed by atoms with Crippen LogP contribution in [0.3, 0.4) is 0 Å². The Morgan fingerprint density at radius 1 is 1.27 bits per heavy atom. The van der Waals surface area contributed by atoms with Gasteiger partial charge < -0.3 is 14.9 Å². The Morgan fingerprint density at radius 2 is 2.08 bits per heavy atom. The number of hydrogen-bond donors (Lipinski definition) is 1. The maximum Gasteiger partial charge on any atom is 0.236 e. The monoisotopic (exact) mass is 375 g/mol. The van der Waals surface area contributed by atoms with Crippen molar-refractivity contribution >= 4 is 22.4 Å². The summed E-state index contributed by atoms with van der Waals surface area (Å²) in [5.41, 5.74) is 1.86. The first kappa shape index (κ1) is 18.8. The van der Waals surface area contributed by atoms with Gasteiger partial charge in [-0.2, -0.15) is 0 Å². The molecule has 1 aliphatic rings. The molecule has 0 bridgehead atoms. The van der Waals surface area contributed by atoms with Gasteiger partial charge in [0, 0.05) is 50.5 Å². The van der Waals surface area contributed by atoms with Gasteiger partial charge in [-0.15, -0.1) is 11.3 Å². The molecular weight excluding hydrogens is 350 g/mol. The smallest absolute Gasteiger partial charge is 0.236 e. The van der Waals surface area contributed by atoms with Crippen LogP contribution in [0.15, 0.2) is 29.9 Å². The summed E-state index contributed by atoms with van der Waals surface area (Å²) >= 11 is 1.55. The maximum absolute atomic E-state index is 12.7. The van der Waals surface area contributed by atoms with Crippen molar-refractivity contribution in [2.24, 2.45) is 0 Å². The number of nitrogens with zero attached hydrogens (tertiary/aromatic N) is 5. The fraction of sp³-hybridized carbons (Fsp3) is 0.500. The molecule has 0 atom stereocenters. The number of hydrogen-bond acceptors (Lipinski definition) is 7. The molecule has 8 heteroatoms. The zero-order chi connectivity index (χ0) is 18.4. The normalized spacial score (nSPS) is 15.3. The number of carbonyl (C=O) groups excluding carboxylic acids is 1. The maximum atomic E-state index is 12.7. The standard InChI is InChI=1S/C18H25N5O2S/c1-21(11-15-3-5-19-6-4-15)12-17(25)22-7-2-8-23(10-9-22)18-20-16(13-24)14-26-18/h3-6,14,24H,2,7-13H2,1H3. The van der Waals surface area contributed by atoms with E-state index in [9.17, 15) is 9.90 Å². The third-order valence-corrected chi connectivity index (χ3v) is 5.38. The summed E-state index contributed by atoms with van der Waals surface area (Å²) in [6.07, 6.45) is 4.47. The van der Waals surface area contributed by atoms with E-state index in [2.05, 4.69) is 14.9 Å². The molecule has 1 saturated heterocycles. The quantitative estimate of drug-likeness (QED) is 0.818. The van der Waals surface area contributed by atoms with E-state index in [1.165, 1.54) is 0 Å². The first-order chi connectivity index (χ1) is 12.7. The predicted molar refractivity (Wildman–Crippen MR) is 102 cm³/mol. The van der Waals surface area contributed by atoms with Crippen LogP contribution in [0, 0.1) is 0 Å². The number of carbonyl (C=O) groups is 1. The second-order valence-electron chi connectivity index (χ2n) is 6.53. The zero-order valence-electron chi connectivity index (χ0n) is 15.0. The van der Waals surface area contributed by atoms with Gasteiger partial charge in [0.1, 0.15) is 0 Å². The lowest BCUT2D eigenvalue weighted by atomic mass is 10.2. The van der Waals surface area contributed by atoms with Gasteiger partial charge in [0.2, 0.25) is 5.91 Å². The van der Waals surface area contributed by atoms with Gasteiger partial charge >= 0.3 is 0 Å². The highest BCUT2D eigenvalue weighted by Gasteiger charge is 2.21. The lowest BCUT2D eigenvalue weighted by Crippen LogP contribution is -2.40. The Bertz CT molecular complexity index is 709. The largest absolute Gasteiger partial charge is 0.390 e. The fourth-order valence-corrected chi connectivity index (χ4v) is 3.93. The van der Waals surface area contributed by atoms with Gasteiger partial charge in [0.05, 0.1) is 18.8 Å². The van der Waals surface area contributed by atoms with E-state index < -0.39 is 0 Å². The molecule has 3 heterocycles. The van der Waals surface area contributed by atoms with Crippen molar-refractivity contribution in [1.29, 1.82) is 0 Å².